The van der Waals surface area contributed by atoms with Gasteiger partial charge in [-0.25, -0.2) is 4.98 Å². The number of carbonyl (C=O) groups is 1. The summed E-state index contributed by atoms with van der Waals surface area (Å²) in [5.41, 5.74) is 2.78. The van der Waals surface area contributed by atoms with Crippen LogP contribution in [0.15, 0.2) is 42.6 Å². The molecule has 0 unspecified atom stereocenters. The summed E-state index contributed by atoms with van der Waals surface area (Å²) in [6.07, 6.45) is 1.76. The van der Waals surface area contributed by atoms with Crippen LogP contribution in [-0.4, -0.2) is 23.2 Å². The second-order valence-corrected chi connectivity index (χ2v) is 4.33. The van der Waals surface area contributed by atoms with Gasteiger partial charge in [0.25, 0.3) is 0 Å². The van der Waals surface area contributed by atoms with Gasteiger partial charge in [0.2, 0.25) is 5.88 Å². The summed E-state index contributed by atoms with van der Waals surface area (Å²) in [7, 11) is 1.58. The maximum atomic E-state index is 10.6. The third-order valence-electron chi connectivity index (χ3n) is 2.82. The predicted octanol–water partition coefficient (Wildman–Crippen LogP) is 2.33. The highest BCUT2D eigenvalue weighted by Crippen LogP contribution is 2.13. The molecule has 2 N–H and O–H groups in total. The van der Waals surface area contributed by atoms with E-state index in [0.717, 1.165) is 16.8 Å². The quantitative estimate of drug-likeness (QED) is 0.844. The molecule has 5 nitrogen and oxygen atoms in total. The lowest BCUT2D eigenvalue weighted by Crippen LogP contribution is -2.02. The largest absolute Gasteiger partial charge is 0.481 e. The van der Waals surface area contributed by atoms with Crippen molar-refractivity contribution in [3.63, 3.8) is 0 Å². The number of ether oxygens (including phenoxy) is 1. The standard InChI is InChI=1S/C15H16N2O3/c1-20-14-7-6-13(10-17-14)16-9-12-4-2-11(3-5-12)8-15(18)19/h2-7,10,16H,8-9H2,1H3,(H,18,19). The predicted molar refractivity (Wildman–Crippen MR) is 75.9 cm³/mol. The monoisotopic (exact) mass is 272 g/mol. The molecule has 104 valence electrons. The van der Waals surface area contributed by atoms with E-state index in [1.807, 2.05) is 30.3 Å². The Morgan fingerprint density at radius 3 is 2.45 bits per heavy atom. The number of benzene rings is 1. The Morgan fingerprint density at radius 2 is 1.90 bits per heavy atom. The van der Waals surface area contributed by atoms with Crippen molar-refractivity contribution in [2.75, 3.05) is 12.4 Å². The fourth-order valence-corrected chi connectivity index (χ4v) is 1.76. The van der Waals surface area contributed by atoms with Crippen LogP contribution < -0.4 is 10.1 Å². The average Bonchev–Trinajstić information content (AvgIpc) is 2.46. The number of aliphatic carboxylic acids is 1. The summed E-state index contributed by atoms with van der Waals surface area (Å²) in [5, 5.41) is 11.9. The lowest BCUT2D eigenvalue weighted by molar-refractivity contribution is -0.136. The third kappa shape index (κ3) is 3.98. The molecule has 0 atom stereocenters. The van der Waals surface area contributed by atoms with E-state index in [1.165, 1.54) is 0 Å². The molecule has 0 spiro atoms. The summed E-state index contributed by atoms with van der Waals surface area (Å²) in [6, 6.07) is 11.2. The molecule has 0 aliphatic rings. The normalized spacial score (nSPS) is 10.1. The van der Waals surface area contributed by atoms with Crippen molar-refractivity contribution in [2.45, 2.75) is 13.0 Å². The Hall–Kier alpha value is -2.56. The highest BCUT2D eigenvalue weighted by molar-refractivity contribution is 5.70. The van der Waals surface area contributed by atoms with Gasteiger partial charge in [-0.05, 0) is 17.2 Å². The Bertz CT molecular complexity index is 565. The van der Waals surface area contributed by atoms with Crippen LogP contribution in [0.5, 0.6) is 5.88 Å². The average molecular weight is 272 g/mol. The number of nitrogens with zero attached hydrogens (tertiary/aromatic N) is 1. The number of nitrogens with one attached hydrogen (secondary N) is 1. The van der Waals surface area contributed by atoms with Crippen molar-refractivity contribution in [3.8, 4) is 5.88 Å². The van der Waals surface area contributed by atoms with Gasteiger partial charge in [-0.3, -0.25) is 4.79 Å². The van der Waals surface area contributed by atoms with Gasteiger partial charge in [0.15, 0.2) is 0 Å². The molecule has 0 saturated heterocycles. The maximum absolute atomic E-state index is 10.6. The van der Waals surface area contributed by atoms with Crippen LogP contribution >= 0.6 is 0 Å². The van der Waals surface area contributed by atoms with Gasteiger partial charge in [-0.1, -0.05) is 24.3 Å². The number of aromatic nitrogens is 1. The molecule has 0 fully saturated rings. The highest BCUT2D eigenvalue weighted by atomic mass is 16.5. The number of hydrogen-bond donors (Lipinski definition) is 2. The Kier molecular flexibility index (Phi) is 4.55. The molecule has 1 aromatic carbocycles. The number of hydrogen-bond acceptors (Lipinski definition) is 4. The van der Waals surface area contributed by atoms with Gasteiger partial charge in [0, 0.05) is 12.6 Å². The number of carboxylic acid groups (broad SMARTS) is 1. The van der Waals surface area contributed by atoms with Gasteiger partial charge in [-0.15, -0.1) is 0 Å². The van der Waals surface area contributed by atoms with E-state index >= 15 is 0 Å². The fraction of sp³-hybridized carbons (Fsp3) is 0.200. The van der Waals surface area contributed by atoms with Crippen LogP contribution in [-0.2, 0) is 17.8 Å². The van der Waals surface area contributed by atoms with Gasteiger partial charge in [-0.2, -0.15) is 0 Å². The lowest BCUT2D eigenvalue weighted by atomic mass is 10.1. The maximum Gasteiger partial charge on any atom is 0.307 e. The molecule has 20 heavy (non-hydrogen) atoms. The van der Waals surface area contributed by atoms with Crippen LogP contribution in [0.1, 0.15) is 11.1 Å². The molecule has 0 saturated carbocycles. The third-order valence-corrected chi connectivity index (χ3v) is 2.82. The first-order chi connectivity index (χ1) is 9.67. The van der Waals surface area contributed by atoms with Crippen LogP contribution in [0, 0.1) is 0 Å². The molecule has 1 heterocycles. The van der Waals surface area contributed by atoms with Crippen LogP contribution in [0.3, 0.4) is 0 Å². The molecular weight excluding hydrogens is 256 g/mol. The summed E-state index contributed by atoms with van der Waals surface area (Å²) < 4.78 is 4.99. The Labute approximate surface area is 117 Å². The molecule has 2 rings (SSSR count). The minimum atomic E-state index is -0.819. The molecule has 1 aromatic heterocycles. The van der Waals surface area contributed by atoms with Gasteiger partial charge < -0.3 is 15.2 Å². The number of methoxy groups -OCH3 is 1. The van der Waals surface area contributed by atoms with E-state index in [9.17, 15) is 4.79 Å². The van der Waals surface area contributed by atoms with Crippen LogP contribution in [0.4, 0.5) is 5.69 Å². The summed E-state index contributed by atoms with van der Waals surface area (Å²) in [5.74, 6) is -0.242. The van der Waals surface area contributed by atoms with Crippen LogP contribution in [0.25, 0.3) is 0 Å². The smallest absolute Gasteiger partial charge is 0.307 e. The van der Waals surface area contributed by atoms with E-state index in [1.54, 1.807) is 19.4 Å². The van der Waals surface area contributed by atoms with Crippen molar-refractivity contribution >= 4 is 11.7 Å². The Morgan fingerprint density at radius 1 is 1.20 bits per heavy atom. The van der Waals surface area contributed by atoms with Gasteiger partial charge in [0.05, 0.1) is 25.4 Å². The summed E-state index contributed by atoms with van der Waals surface area (Å²) >= 11 is 0. The van der Waals surface area contributed by atoms with Crippen molar-refractivity contribution in [1.82, 2.24) is 4.98 Å². The molecule has 0 aliphatic heterocycles. The highest BCUT2D eigenvalue weighted by Gasteiger charge is 2.01. The second-order valence-electron chi connectivity index (χ2n) is 4.33. The topological polar surface area (TPSA) is 71.5 Å². The van der Waals surface area contributed by atoms with Gasteiger partial charge >= 0.3 is 5.97 Å². The molecule has 0 bridgehead atoms. The number of anilines is 1. The van der Waals surface area contributed by atoms with E-state index in [-0.39, 0.29) is 6.42 Å². The fourth-order valence-electron chi connectivity index (χ4n) is 1.76. The first kappa shape index (κ1) is 13.9. The first-order valence-electron chi connectivity index (χ1n) is 6.21. The van der Waals surface area contributed by atoms with Crippen molar-refractivity contribution < 1.29 is 14.6 Å². The minimum absolute atomic E-state index is 0.0517. The molecule has 0 amide bonds. The zero-order valence-electron chi connectivity index (χ0n) is 11.2. The zero-order chi connectivity index (χ0) is 14.4. The number of carboxylic acids is 1. The molecular formula is C15H16N2O3. The minimum Gasteiger partial charge on any atom is -0.481 e. The van der Waals surface area contributed by atoms with E-state index in [0.29, 0.717) is 12.4 Å². The number of pyridine rings is 1. The Balaban J connectivity index is 1.91. The summed E-state index contributed by atoms with van der Waals surface area (Å²) in [4.78, 5) is 14.7. The van der Waals surface area contributed by atoms with E-state index in [2.05, 4.69) is 10.3 Å². The molecule has 0 aliphatic carbocycles. The van der Waals surface area contributed by atoms with E-state index in [4.69, 9.17) is 9.84 Å². The van der Waals surface area contributed by atoms with Crippen molar-refractivity contribution in [3.05, 3.63) is 53.7 Å². The second kappa shape index (κ2) is 6.56. The molecule has 2 aromatic rings. The molecule has 0 radical (unpaired) electrons. The lowest BCUT2D eigenvalue weighted by Gasteiger charge is -2.07. The van der Waals surface area contributed by atoms with Crippen molar-refractivity contribution in [1.29, 1.82) is 0 Å². The van der Waals surface area contributed by atoms with Crippen LogP contribution in [0.2, 0.25) is 0 Å². The summed E-state index contributed by atoms with van der Waals surface area (Å²) in [6.45, 7) is 0.654. The number of rotatable bonds is 6. The SMILES string of the molecule is COc1ccc(NCc2ccc(CC(=O)O)cc2)cn1. The van der Waals surface area contributed by atoms with Crippen molar-refractivity contribution in [2.24, 2.45) is 0 Å². The first-order valence-corrected chi connectivity index (χ1v) is 6.21. The molecule has 5 heteroatoms. The zero-order valence-corrected chi connectivity index (χ0v) is 11.2. The van der Waals surface area contributed by atoms with Gasteiger partial charge in [0.1, 0.15) is 0 Å². The van der Waals surface area contributed by atoms with E-state index < -0.39 is 5.97 Å².